The Hall–Kier alpha value is -1.92. The maximum absolute atomic E-state index is 11.9. The summed E-state index contributed by atoms with van der Waals surface area (Å²) < 4.78 is 1.42. The predicted molar refractivity (Wildman–Crippen MR) is 74.3 cm³/mol. The summed E-state index contributed by atoms with van der Waals surface area (Å²) in [6.07, 6.45) is 0. The summed E-state index contributed by atoms with van der Waals surface area (Å²) in [5.41, 5.74) is 1.97. The molecule has 1 heterocycles. The number of nitrogens with one attached hydrogen (secondary N) is 1. The number of para-hydroxylation sites is 1. The Morgan fingerprint density at radius 1 is 1.42 bits per heavy atom. The van der Waals surface area contributed by atoms with Crippen LogP contribution in [0.3, 0.4) is 0 Å². The Morgan fingerprint density at radius 3 is 2.79 bits per heavy atom. The van der Waals surface area contributed by atoms with E-state index in [9.17, 15) is 14.7 Å². The van der Waals surface area contributed by atoms with Crippen molar-refractivity contribution >= 4 is 22.9 Å². The highest BCUT2D eigenvalue weighted by Gasteiger charge is 2.10. The van der Waals surface area contributed by atoms with Crippen molar-refractivity contribution in [1.29, 1.82) is 0 Å². The van der Waals surface area contributed by atoms with E-state index in [1.54, 1.807) is 36.6 Å². The van der Waals surface area contributed by atoms with Crippen molar-refractivity contribution < 1.29 is 9.90 Å². The van der Waals surface area contributed by atoms with Crippen LogP contribution in [-0.4, -0.2) is 15.6 Å². The quantitative estimate of drug-likeness (QED) is 0.886. The summed E-state index contributed by atoms with van der Waals surface area (Å²) in [6, 6.07) is 7.01. The molecule has 6 heteroatoms. The van der Waals surface area contributed by atoms with Gasteiger partial charge in [0.15, 0.2) is 0 Å². The number of rotatable bonds is 4. The fourth-order valence-electron chi connectivity index (χ4n) is 1.71. The molecule has 0 aliphatic carbocycles. The van der Waals surface area contributed by atoms with Crippen molar-refractivity contribution in [3.8, 4) is 0 Å². The fraction of sp³-hybridized carbons (Fsp3) is 0.231. The normalized spacial score (nSPS) is 10.4. The van der Waals surface area contributed by atoms with Crippen LogP contribution in [0.1, 0.15) is 11.3 Å². The monoisotopic (exact) mass is 278 g/mol. The number of carbonyl (C=O) groups is 1. The van der Waals surface area contributed by atoms with Crippen molar-refractivity contribution in [1.82, 2.24) is 4.57 Å². The van der Waals surface area contributed by atoms with Gasteiger partial charge in [0.25, 0.3) is 0 Å². The van der Waals surface area contributed by atoms with Gasteiger partial charge in [-0.2, -0.15) is 0 Å². The third kappa shape index (κ3) is 3.10. The van der Waals surface area contributed by atoms with Crippen LogP contribution in [0.5, 0.6) is 0 Å². The molecule has 0 saturated carbocycles. The van der Waals surface area contributed by atoms with Gasteiger partial charge in [0.05, 0.1) is 6.61 Å². The predicted octanol–water partition coefficient (Wildman–Crippen LogP) is 1.35. The number of nitrogens with zero attached hydrogens (tertiary/aromatic N) is 1. The molecule has 0 unspecified atom stereocenters. The van der Waals surface area contributed by atoms with Crippen LogP contribution in [0.15, 0.2) is 34.4 Å². The fourth-order valence-corrected chi connectivity index (χ4v) is 2.44. The van der Waals surface area contributed by atoms with Crippen molar-refractivity contribution in [2.45, 2.75) is 20.1 Å². The molecule has 0 fully saturated rings. The van der Waals surface area contributed by atoms with Crippen molar-refractivity contribution in [3.63, 3.8) is 0 Å². The average molecular weight is 278 g/mol. The molecule has 0 radical (unpaired) electrons. The smallest absolute Gasteiger partial charge is 0.307 e. The zero-order valence-corrected chi connectivity index (χ0v) is 11.2. The van der Waals surface area contributed by atoms with E-state index in [4.69, 9.17) is 0 Å². The van der Waals surface area contributed by atoms with Crippen molar-refractivity contribution in [2.24, 2.45) is 0 Å². The van der Waals surface area contributed by atoms with Gasteiger partial charge >= 0.3 is 4.87 Å². The zero-order valence-electron chi connectivity index (χ0n) is 10.4. The first kappa shape index (κ1) is 13.5. The molecule has 0 saturated heterocycles. The SMILES string of the molecule is Cc1csc(=O)n1CC(=O)Nc1ccccc1CO. The highest BCUT2D eigenvalue weighted by atomic mass is 32.1. The van der Waals surface area contributed by atoms with E-state index >= 15 is 0 Å². The van der Waals surface area contributed by atoms with Gasteiger partial charge in [-0.3, -0.25) is 14.2 Å². The molecule has 1 aromatic carbocycles. The number of thiazole rings is 1. The first-order valence-corrected chi connectivity index (χ1v) is 6.63. The molecule has 1 aromatic heterocycles. The Balaban J connectivity index is 2.12. The summed E-state index contributed by atoms with van der Waals surface area (Å²) in [5.74, 6) is -0.288. The molecular weight excluding hydrogens is 264 g/mol. The lowest BCUT2D eigenvalue weighted by atomic mass is 10.2. The van der Waals surface area contributed by atoms with Gasteiger partial charge in [0, 0.05) is 22.3 Å². The van der Waals surface area contributed by atoms with Gasteiger partial charge in [-0.25, -0.2) is 0 Å². The molecule has 5 nitrogen and oxygen atoms in total. The van der Waals surface area contributed by atoms with Gasteiger partial charge in [0.1, 0.15) is 6.54 Å². The van der Waals surface area contributed by atoms with E-state index in [2.05, 4.69) is 5.32 Å². The molecule has 0 aliphatic rings. The van der Waals surface area contributed by atoms with Crippen LogP contribution in [0, 0.1) is 6.92 Å². The van der Waals surface area contributed by atoms with Crippen LogP contribution in [-0.2, 0) is 17.9 Å². The Kier molecular flexibility index (Phi) is 4.13. The van der Waals surface area contributed by atoms with Gasteiger partial charge in [-0.05, 0) is 13.0 Å². The molecule has 0 atom stereocenters. The lowest BCUT2D eigenvalue weighted by Gasteiger charge is -2.10. The number of amides is 1. The van der Waals surface area contributed by atoms with E-state index < -0.39 is 0 Å². The third-order valence-electron chi connectivity index (χ3n) is 2.74. The van der Waals surface area contributed by atoms with Crippen molar-refractivity contribution in [2.75, 3.05) is 5.32 Å². The first-order valence-electron chi connectivity index (χ1n) is 5.75. The first-order chi connectivity index (χ1) is 9.11. The number of aliphatic hydroxyl groups excluding tert-OH is 1. The van der Waals surface area contributed by atoms with Crippen LogP contribution in [0.25, 0.3) is 0 Å². The molecule has 0 bridgehead atoms. The third-order valence-corrected chi connectivity index (χ3v) is 3.62. The van der Waals surface area contributed by atoms with Gasteiger partial charge in [-0.1, -0.05) is 29.5 Å². The number of benzene rings is 1. The van der Waals surface area contributed by atoms with Gasteiger partial charge < -0.3 is 10.4 Å². The van der Waals surface area contributed by atoms with E-state index in [1.807, 2.05) is 0 Å². The molecule has 0 aliphatic heterocycles. The Bertz CT molecular complexity index is 645. The summed E-state index contributed by atoms with van der Waals surface area (Å²) in [7, 11) is 0. The second-order valence-corrected chi connectivity index (χ2v) is 4.91. The lowest BCUT2D eigenvalue weighted by Crippen LogP contribution is -2.25. The minimum Gasteiger partial charge on any atom is -0.392 e. The number of aryl methyl sites for hydroxylation is 1. The largest absolute Gasteiger partial charge is 0.392 e. The topological polar surface area (TPSA) is 71.3 Å². The zero-order chi connectivity index (χ0) is 13.8. The summed E-state index contributed by atoms with van der Waals surface area (Å²) in [6.45, 7) is 1.62. The van der Waals surface area contributed by atoms with E-state index in [0.29, 0.717) is 11.3 Å². The van der Waals surface area contributed by atoms with Gasteiger partial charge in [0.2, 0.25) is 5.91 Å². The van der Waals surface area contributed by atoms with Crippen molar-refractivity contribution in [3.05, 3.63) is 50.6 Å². The molecule has 0 spiro atoms. The molecule has 2 aromatic rings. The van der Waals surface area contributed by atoms with E-state index in [1.165, 1.54) is 4.57 Å². The number of carbonyl (C=O) groups excluding carboxylic acids is 1. The molecule has 19 heavy (non-hydrogen) atoms. The number of aliphatic hydroxyl groups is 1. The maximum atomic E-state index is 11.9. The number of anilines is 1. The average Bonchev–Trinajstić information content (AvgIpc) is 2.71. The van der Waals surface area contributed by atoms with Gasteiger partial charge in [-0.15, -0.1) is 0 Å². The molecule has 2 rings (SSSR count). The lowest BCUT2D eigenvalue weighted by molar-refractivity contribution is -0.116. The second-order valence-electron chi connectivity index (χ2n) is 4.09. The summed E-state index contributed by atoms with van der Waals surface area (Å²) >= 11 is 1.07. The van der Waals surface area contributed by atoms with E-state index in [-0.39, 0.29) is 23.9 Å². The minimum absolute atomic E-state index is 0.0199. The number of aromatic nitrogens is 1. The highest BCUT2D eigenvalue weighted by molar-refractivity contribution is 7.07. The van der Waals surface area contributed by atoms with E-state index in [0.717, 1.165) is 17.0 Å². The molecular formula is C13H14N2O3S. The molecule has 2 N–H and O–H groups in total. The van der Waals surface area contributed by atoms with Crippen LogP contribution in [0.2, 0.25) is 0 Å². The highest BCUT2D eigenvalue weighted by Crippen LogP contribution is 2.14. The summed E-state index contributed by atoms with van der Waals surface area (Å²) in [5, 5.41) is 13.6. The molecule has 1 amide bonds. The molecule has 100 valence electrons. The second kappa shape index (κ2) is 5.81. The van der Waals surface area contributed by atoms with Crippen LogP contribution >= 0.6 is 11.3 Å². The summed E-state index contributed by atoms with van der Waals surface area (Å²) in [4.78, 5) is 23.3. The van der Waals surface area contributed by atoms with Crippen LogP contribution < -0.4 is 10.2 Å². The van der Waals surface area contributed by atoms with Crippen LogP contribution in [0.4, 0.5) is 5.69 Å². The standard InChI is InChI=1S/C13H14N2O3S/c1-9-8-19-13(18)15(9)6-12(17)14-11-5-3-2-4-10(11)7-16/h2-5,8,16H,6-7H2,1H3,(H,14,17). The Labute approximate surface area is 114 Å². The minimum atomic E-state index is -0.288. The maximum Gasteiger partial charge on any atom is 0.307 e. The number of hydrogen-bond donors (Lipinski definition) is 2. The Morgan fingerprint density at radius 2 is 2.16 bits per heavy atom. The number of hydrogen-bond acceptors (Lipinski definition) is 4.